The van der Waals surface area contributed by atoms with Crippen LogP contribution >= 0.6 is 0 Å². The van der Waals surface area contributed by atoms with Gasteiger partial charge >= 0.3 is 0 Å². The predicted molar refractivity (Wildman–Crippen MR) is 105 cm³/mol. The van der Waals surface area contributed by atoms with Crippen LogP contribution in [0.4, 0.5) is 5.82 Å². The van der Waals surface area contributed by atoms with Crippen LogP contribution in [0.2, 0.25) is 0 Å². The van der Waals surface area contributed by atoms with Gasteiger partial charge in [0.25, 0.3) is 0 Å². The Bertz CT molecular complexity index is 810. The molecular formula is C20H26N6O. The molecule has 1 amide bonds. The van der Waals surface area contributed by atoms with Gasteiger partial charge in [0.15, 0.2) is 5.82 Å². The number of amides is 1. The normalized spacial score (nSPS) is 17.4. The minimum atomic E-state index is 0.0743. The molecule has 1 N–H and O–H groups in total. The first-order valence-electron chi connectivity index (χ1n) is 9.72. The molecule has 0 atom stereocenters. The average Bonchev–Trinajstić information content (AvgIpc) is 3.07. The summed E-state index contributed by atoms with van der Waals surface area (Å²) in [6.45, 7) is 4.11. The molecule has 0 bridgehead atoms. The van der Waals surface area contributed by atoms with E-state index < -0.39 is 0 Å². The van der Waals surface area contributed by atoms with E-state index in [9.17, 15) is 4.79 Å². The Hall–Kier alpha value is -2.54. The van der Waals surface area contributed by atoms with Crippen molar-refractivity contribution in [1.82, 2.24) is 25.2 Å². The maximum Gasteiger partial charge on any atom is 0.233 e. The van der Waals surface area contributed by atoms with Crippen molar-refractivity contribution < 1.29 is 4.79 Å². The van der Waals surface area contributed by atoms with Crippen LogP contribution in [-0.4, -0.2) is 65.5 Å². The van der Waals surface area contributed by atoms with Crippen molar-refractivity contribution in [2.24, 2.45) is 0 Å². The van der Waals surface area contributed by atoms with E-state index in [0.29, 0.717) is 6.54 Å². The lowest BCUT2D eigenvalue weighted by Crippen LogP contribution is -2.38. The highest BCUT2D eigenvalue weighted by Crippen LogP contribution is 2.31. The molecule has 1 aliphatic heterocycles. The van der Waals surface area contributed by atoms with E-state index in [1.807, 2.05) is 18.3 Å². The molecule has 0 unspecified atom stereocenters. The lowest BCUT2D eigenvalue weighted by atomic mass is 10.2. The number of carbonyl (C=O) groups excluding carboxylic acids is 1. The number of fused-ring (bicyclic) bond motifs is 1. The van der Waals surface area contributed by atoms with Crippen LogP contribution in [0.3, 0.4) is 0 Å². The van der Waals surface area contributed by atoms with Gasteiger partial charge in [-0.25, -0.2) is 9.97 Å². The highest BCUT2D eigenvalue weighted by Gasteiger charge is 2.25. The van der Waals surface area contributed by atoms with Crippen molar-refractivity contribution in [3.8, 4) is 11.4 Å². The van der Waals surface area contributed by atoms with Crippen LogP contribution in [0, 0.1) is 0 Å². The highest BCUT2D eigenvalue weighted by atomic mass is 16.1. The predicted octanol–water partition coefficient (Wildman–Crippen LogP) is 1.29. The molecule has 27 heavy (non-hydrogen) atoms. The minimum Gasteiger partial charge on any atom is -0.358 e. The molecule has 7 nitrogen and oxygen atoms in total. The van der Waals surface area contributed by atoms with Crippen LogP contribution < -0.4 is 10.2 Å². The molecule has 7 heteroatoms. The molecule has 0 spiro atoms. The SMILES string of the molecule is CNC(=O)CN1CCCN(c2nc(-c3cccnc3)nc3c2CCC3)CC1. The van der Waals surface area contributed by atoms with Gasteiger partial charge in [0.1, 0.15) is 5.82 Å². The fourth-order valence-electron chi connectivity index (χ4n) is 3.92. The number of nitrogens with one attached hydrogen (secondary N) is 1. The van der Waals surface area contributed by atoms with Crippen LogP contribution in [0.15, 0.2) is 24.5 Å². The standard InChI is InChI=1S/C20H26N6O/c1-21-18(27)14-25-9-4-10-26(12-11-25)20-16-6-2-7-17(16)23-19(24-20)15-5-3-8-22-13-15/h3,5,8,13H,2,4,6-7,9-12,14H2,1H3,(H,21,27). The van der Waals surface area contributed by atoms with Gasteiger partial charge in [-0.3, -0.25) is 14.7 Å². The summed E-state index contributed by atoms with van der Waals surface area (Å²) in [4.78, 5) is 30.3. The number of pyridine rings is 1. The van der Waals surface area contributed by atoms with Crippen molar-refractivity contribution >= 4 is 11.7 Å². The van der Waals surface area contributed by atoms with Gasteiger partial charge in [-0.2, -0.15) is 0 Å². The second kappa shape index (κ2) is 8.00. The summed E-state index contributed by atoms with van der Waals surface area (Å²) in [5, 5.41) is 2.71. The zero-order chi connectivity index (χ0) is 18.6. The third kappa shape index (κ3) is 3.93. The summed E-state index contributed by atoms with van der Waals surface area (Å²) >= 11 is 0. The smallest absolute Gasteiger partial charge is 0.233 e. The molecule has 1 fully saturated rings. The lowest BCUT2D eigenvalue weighted by Gasteiger charge is -2.25. The summed E-state index contributed by atoms with van der Waals surface area (Å²) in [6.07, 6.45) is 7.84. The summed E-state index contributed by atoms with van der Waals surface area (Å²) < 4.78 is 0. The number of carbonyl (C=O) groups is 1. The summed E-state index contributed by atoms with van der Waals surface area (Å²) in [6, 6.07) is 3.94. The average molecular weight is 366 g/mol. The third-order valence-electron chi connectivity index (χ3n) is 5.37. The van der Waals surface area contributed by atoms with Gasteiger partial charge in [0.05, 0.1) is 6.54 Å². The van der Waals surface area contributed by atoms with Crippen LogP contribution in [-0.2, 0) is 17.6 Å². The highest BCUT2D eigenvalue weighted by molar-refractivity contribution is 5.77. The van der Waals surface area contributed by atoms with Gasteiger partial charge in [0, 0.05) is 62.4 Å². The number of aromatic nitrogens is 3. The number of nitrogens with zero attached hydrogens (tertiary/aromatic N) is 5. The number of hydrogen-bond donors (Lipinski definition) is 1. The Morgan fingerprint density at radius 2 is 2.07 bits per heavy atom. The first-order chi connectivity index (χ1) is 13.2. The lowest BCUT2D eigenvalue weighted by molar-refractivity contribution is -0.121. The quantitative estimate of drug-likeness (QED) is 0.879. The summed E-state index contributed by atoms with van der Waals surface area (Å²) in [5.41, 5.74) is 3.46. The number of likely N-dealkylation sites (N-methyl/N-ethyl adjacent to an activating group) is 1. The second-order valence-corrected chi connectivity index (χ2v) is 7.18. The van der Waals surface area contributed by atoms with Crippen molar-refractivity contribution in [2.45, 2.75) is 25.7 Å². The topological polar surface area (TPSA) is 74.2 Å². The fraction of sp³-hybridized carbons (Fsp3) is 0.500. The molecule has 4 rings (SSSR count). The van der Waals surface area contributed by atoms with Crippen molar-refractivity contribution in [3.05, 3.63) is 35.8 Å². The minimum absolute atomic E-state index is 0.0743. The van der Waals surface area contributed by atoms with E-state index in [2.05, 4.69) is 20.1 Å². The van der Waals surface area contributed by atoms with E-state index in [4.69, 9.17) is 9.97 Å². The Labute approximate surface area is 159 Å². The molecule has 0 saturated carbocycles. The molecule has 2 aliphatic rings. The van der Waals surface area contributed by atoms with E-state index in [1.54, 1.807) is 13.2 Å². The van der Waals surface area contributed by atoms with E-state index >= 15 is 0 Å². The fourth-order valence-corrected chi connectivity index (χ4v) is 3.92. The Kier molecular flexibility index (Phi) is 5.29. The maximum atomic E-state index is 11.7. The molecule has 3 heterocycles. The first-order valence-corrected chi connectivity index (χ1v) is 9.72. The van der Waals surface area contributed by atoms with E-state index in [1.165, 1.54) is 11.3 Å². The van der Waals surface area contributed by atoms with Crippen LogP contribution in [0.5, 0.6) is 0 Å². The molecule has 142 valence electrons. The Morgan fingerprint density at radius 3 is 2.89 bits per heavy atom. The molecule has 2 aromatic rings. The monoisotopic (exact) mass is 366 g/mol. The van der Waals surface area contributed by atoms with Gasteiger partial charge in [0.2, 0.25) is 5.91 Å². The third-order valence-corrected chi connectivity index (χ3v) is 5.37. The summed E-state index contributed by atoms with van der Waals surface area (Å²) in [5.74, 6) is 1.92. The van der Waals surface area contributed by atoms with Crippen molar-refractivity contribution in [3.63, 3.8) is 0 Å². The number of hydrogen-bond acceptors (Lipinski definition) is 6. The molecule has 0 aromatic carbocycles. The zero-order valence-corrected chi connectivity index (χ0v) is 15.8. The number of anilines is 1. The second-order valence-electron chi connectivity index (χ2n) is 7.18. The van der Waals surface area contributed by atoms with E-state index in [-0.39, 0.29) is 5.91 Å². The number of aryl methyl sites for hydroxylation is 1. The largest absolute Gasteiger partial charge is 0.358 e. The van der Waals surface area contributed by atoms with E-state index in [0.717, 1.165) is 69.1 Å². The van der Waals surface area contributed by atoms with Crippen LogP contribution in [0.1, 0.15) is 24.1 Å². The first kappa shape index (κ1) is 17.9. The molecule has 1 aliphatic carbocycles. The van der Waals surface area contributed by atoms with Gasteiger partial charge in [-0.05, 0) is 37.8 Å². The Balaban J connectivity index is 1.59. The maximum absolute atomic E-state index is 11.7. The van der Waals surface area contributed by atoms with Crippen LogP contribution in [0.25, 0.3) is 11.4 Å². The van der Waals surface area contributed by atoms with Gasteiger partial charge in [-0.15, -0.1) is 0 Å². The zero-order valence-electron chi connectivity index (χ0n) is 15.8. The summed E-state index contributed by atoms with van der Waals surface area (Å²) in [7, 11) is 1.69. The van der Waals surface area contributed by atoms with Gasteiger partial charge in [-0.1, -0.05) is 0 Å². The molecular weight excluding hydrogens is 340 g/mol. The Morgan fingerprint density at radius 1 is 1.15 bits per heavy atom. The van der Waals surface area contributed by atoms with Gasteiger partial charge < -0.3 is 10.2 Å². The molecule has 0 radical (unpaired) electrons. The molecule has 1 saturated heterocycles. The molecule has 2 aromatic heterocycles. The van der Waals surface area contributed by atoms with Crippen molar-refractivity contribution in [2.75, 3.05) is 44.7 Å². The van der Waals surface area contributed by atoms with Crippen molar-refractivity contribution in [1.29, 1.82) is 0 Å². The number of rotatable bonds is 4.